The molecule has 3 rings (SSSR count). The number of nitrogens with one attached hydrogen (secondary N) is 1. The predicted molar refractivity (Wildman–Crippen MR) is 121 cm³/mol. The lowest BCUT2D eigenvalue weighted by Crippen LogP contribution is -2.51. The number of benzene rings is 2. The lowest BCUT2D eigenvalue weighted by Gasteiger charge is -2.39. The number of fused-ring (bicyclic) bond motifs is 1. The van der Waals surface area contributed by atoms with Gasteiger partial charge in [0.2, 0.25) is 15.9 Å². The van der Waals surface area contributed by atoms with Gasteiger partial charge in [-0.05, 0) is 44.5 Å². The van der Waals surface area contributed by atoms with Crippen molar-refractivity contribution in [3.8, 4) is 11.5 Å². The molecule has 168 valence electrons. The highest BCUT2D eigenvalue weighted by atomic mass is 32.2. The molecule has 2 aromatic rings. The van der Waals surface area contributed by atoms with Crippen LogP contribution in [0.5, 0.6) is 11.5 Å². The third kappa shape index (κ3) is 5.12. The van der Waals surface area contributed by atoms with Gasteiger partial charge in [-0.25, -0.2) is 8.42 Å². The van der Waals surface area contributed by atoms with Crippen LogP contribution in [0.4, 0.5) is 5.69 Å². The van der Waals surface area contributed by atoms with E-state index in [2.05, 4.69) is 5.32 Å². The van der Waals surface area contributed by atoms with E-state index >= 15 is 0 Å². The highest BCUT2D eigenvalue weighted by molar-refractivity contribution is 7.92. The third-order valence-electron chi connectivity index (χ3n) is 5.33. The number of hydrogen-bond acceptors (Lipinski definition) is 5. The summed E-state index contributed by atoms with van der Waals surface area (Å²) in [5.41, 5.74) is 0.799. The molecular formula is C23H30N2O5S. The van der Waals surface area contributed by atoms with E-state index in [0.29, 0.717) is 30.0 Å². The Morgan fingerprint density at radius 2 is 1.94 bits per heavy atom. The molecule has 8 heteroatoms. The molecule has 0 spiro atoms. The van der Waals surface area contributed by atoms with Crippen molar-refractivity contribution in [3.05, 3.63) is 54.1 Å². The van der Waals surface area contributed by atoms with Gasteiger partial charge in [-0.15, -0.1) is 0 Å². The number of carbonyl (C=O) groups excluding carboxylic acids is 1. The molecule has 1 aliphatic rings. The first-order valence-electron chi connectivity index (χ1n) is 10.3. The van der Waals surface area contributed by atoms with Crippen LogP contribution >= 0.6 is 0 Å². The smallest absolute Gasteiger partial charge is 0.244 e. The quantitative estimate of drug-likeness (QED) is 0.702. The summed E-state index contributed by atoms with van der Waals surface area (Å²) in [5.74, 6) is 0.971. The Labute approximate surface area is 184 Å². The molecular weight excluding hydrogens is 416 g/mol. The summed E-state index contributed by atoms with van der Waals surface area (Å²) in [6, 6.07) is 13.0. The number of rotatable bonds is 7. The van der Waals surface area contributed by atoms with E-state index < -0.39 is 21.7 Å². The number of sulfonamides is 1. The second-order valence-electron chi connectivity index (χ2n) is 8.35. The fourth-order valence-electron chi connectivity index (χ4n) is 3.99. The van der Waals surface area contributed by atoms with Crippen molar-refractivity contribution in [1.29, 1.82) is 0 Å². The van der Waals surface area contributed by atoms with Crippen molar-refractivity contribution >= 4 is 21.6 Å². The van der Waals surface area contributed by atoms with Crippen molar-refractivity contribution in [2.24, 2.45) is 0 Å². The molecule has 0 saturated carbocycles. The first-order chi connectivity index (χ1) is 14.6. The van der Waals surface area contributed by atoms with Crippen LogP contribution in [-0.4, -0.2) is 39.3 Å². The van der Waals surface area contributed by atoms with Crippen molar-refractivity contribution in [2.45, 2.75) is 51.3 Å². The van der Waals surface area contributed by atoms with Crippen molar-refractivity contribution in [1.82, 2.24) is 5.32 Å². The van der Waals surface area contributed by atoms with E-state index in [-0.39, 0.29) is 11.9 Å². The average molecular weight is 447 g/mol. The molecule has 0 aromatic heterocycles. The van der Waals surface area contributed by atoms with E-state index in [0.717, 1.165) is 11.8 Å². The minimum absolute atomic E-state index is 0.316. The molecule has 0 unspecified atom stereocenters. The molecule has 1 heterocycles. The molecule has 2 aromatic carbocycles. The number of amides is 1. The van der Waals surface area contributed by atoms with Gasteiger partial charge in [0.1, 0.15) is 23.1 Å². The van der Waals surface area contributed by atoms with Gasteiger partial charge >= 0.3 is 0 Å². The topological polar surface area (TPSA) is 84.9 Å². The summed E-state index contributed by atoms with van der Waals surface area (Å²) in [6.45, 7) is 5.72. The Balaban J connectivity index is 1.93. The van der Waals surface area contributed by atoms with Gasteiger partial charge in [0.15, 0.2) is 0 Å². The van der Waals surface area contributed by atoms with Gasteiger partial charge < -0.3 is 14.8 Å². The summed E-state index contributed by atoms with van der Waals surface area (Å²) in [6.07, 6.45) is 2.00. The lowest BCUT2D eigenvalue weighted by atomic mass is 9.89. The lowest BCUT2D eigenvalue weighted by molar-refractivity contribution is -0.123. The summed E-state index contributed by atoms with van der Waals surface area (Å²) >= 11 is 0. The first-order valence-corrected chi connectivity index (χ1v) is 12.1. The molecule has 1 amide bonds. The van der Waals surface area contributed by atoms with Crippen LogP contribution in [-0.2, 0) is 14.8 Å². The highest BCUT2D eigenvalue weighted by Gasteiger charge is 2.38. The number of methoxy groups -OCH3 is 1. The van der Waals surface area contributed by atoms with Gasteiger partial charge in [-0.1, -0.05) is 25.1 Å². The van der Waals surface area contributed by atoms with Crippen molar-refractivity contribution in [3.63, 3.8) is 0 Å². The third-order valence-corrected chi connectivity index (χ3v) is 6.51. The zero-order valence-corrected chi connectivity index (χ0v) is 19.4. The first kappa shape index (κ1) is 22.9. The van der Waals surface area contributed by atoms with Gasteiger partial charge in [-0.2, -0.15) is 0 Å². The average Bonchev–Trinajstić information content (AvgIpc) is 2.70. The van der Waals surface area contributed by atoms with Crippen LogP contribution < -0.4 is 19.1 Å². The minimum Gasteiger partial charge on any atom is -0.497 e. The van der Waals surface area contributed by atoms with Crippen molar-refractivity contribution < 1.29 is 22.7 Å². The van der Waals surface area contributed by atoms with Gasteiger partial charge in [-0.3, -0.25) is 9.10 Å². The molecule has 0 radical (unpaired) electrons. The fraction of sp³-hybridized carbons (Fsp3) is 0.435. The number of anilines is 1. The van der Waals surface area contributed by atoms with E-state index in [9.17, 15) is 13.2 Å². The predicted octanol–water partition coefficient (Wildman–Crippen LogP) is 3.66. The van der Waals surface area contributed by atoms with Gasteiger partial charge in [0.25, 0.3) is 0 Å². The molecule has 0 bridgehead atoms. The number of carbonyl (C=O) groups is 1. The van der Waals surface area contributed by atoms with Crippen molar-refractivity contribution in [2.75, 3.05) is 17.7 Å². The standard InChI is InChI=1S/C23H30N2O5S/c1-6-20(25(31(5,27)28)16-10-8-7-9-11-16)22(26)24-19-15-23(2,3)30-21-14-17(29-4)12-13-18(19)21/h7-14,19-20H,6,15H2,1-5H3,(H,24,26)/t19-,20+/m0/s1. The minimum atomic E-state index is -3.68. The maximum Gasteiger partial charge on any atom is 0.244 e. The Morgan fingerprint density at radius 3 is 2.52 bits per heavy atom. The van der Waals surface area contributed by atoms with Crippen LogP contribution in [0.1, 0.15) is 45.2 Å². The highest BCUT2D eigenvalue weighted by Crippen LogP contribution is 2.41. The van der Waals surface area contributed by atoms with Gasteiger partial charge in [0, 0.05) is 18.1 Å². The van der Waals surface area contributed by atoms with E-state index in [1.54, 1.807) is 50.4 Å². The fourth-order valence-corrected chi connectivity index (χ4v) is 5.20. The summed E-state index contributed by atoms with van der Waals surface area (Å²) in [7, 11) is -2.09. The van der Waals surface area contributed by atoms with Crippen LogP contribution in [0.15, 0.2) is 48.5 Å². The number of hydrogen-bond donors (Lipinski definition) is 1. The summed E-state index contributed by atoms with van der Waals surface area (Å²) in [4.78, 5) is 13.4. The Hall–Kier alpha value is -2.74. The largest absolute Gasteiger partial charge is 0.497 e. The Kier molecular flexibility index (Phi) is 6.50. The zero-order valence-electron chi connectivity index (χ0n) is 18.6. The second kappa shape index (κ2) is 8.78. The molecule has 2 atom stereocenters. The van der Waals surface area contributed by atoms with Crippen LogP contribution in [0, 0.1) is 0 Å². The van der Waals surface area contributed by atoms with Crippen LogP contribution in [0.3, 0.4) is 0 Å². The normalized spacial score (nSPS) is 18.3. The molecule has 0 saturated heterocycles. The zero-order chi connectivity index (χ0) is 22.8. The SMILES string of the molecule is CC[C@H](C(=O)N[C@H]1CC(C)(C)Oc2cc(OC)ccc21)N(c1ccccc1)S(C)(=O)=O. The molecule has 7 nitrogen and oxygen atoms in total. The van der Waals surface area contributed by atoms with E-state index in [1.807, 2.05) is 26.0 Å². The monoisotopic (exact) mass is 446 g/mol. The number of nitrogens with zero attached hydrogens (tertiary/aromatic N) is 1. The molecule has 31 heavy (non-hydrogen) atoms. The molecule has 1 N–H and O–H groups in total. The maximum absolute atomic E-state index is 13.4. The maximum atomic E-state index is 13.4. The molecule has 1 aliphatic heterocycles. The van der Waals surface area contributed by atoms with E-state index in [1.165, 1.54) is 4.31 Å². The number of para-hydroxylation sites is 1. The van der Waals surface area contributed by atoms with Gasteiger partial charge in [0.05, 0.1) is 25.1 Å². The Bertz CT molecular complexity index is 1040. The number of ether oxygens (including phenoxy) is 2. The van der Waals surface area contributed by atoms with E-state index in [4.69, 9.17) is 9.47 Å². The van der Waals surface area contributed by atoms with Crippen LogP contribution in [0.25, 0.3) is 0 Å². The molecule has 0 fully saturated rings. The van der Waals surface area contributed by atoms with Crippen LogP contribution in [0.2, 0.25) is 0 Å². The molecule has 0 aliphatic carbocycles. The second-order valence-corrected chi connectivity index (χ2v) is 10.2. The Morgan fingerprint density at radius 1 is 1.26 bits per heavy atom. The summed E-state index contributed by atoms with van der Waals surface area (Å²) in [5, 5.41) is 3.08. The summed E-state index contributed by atoms with van der Waals surface area (Å²) < 4.78 is 37.8.